The number of benzene rings is 1. The number of nitrogens with zero attached hydrogens (tertiary/aromatic N) is 2. The van der Waals surface area contributed by atoms with Crippen molar-refractivity contribution in [3.63, 3.8) is 0 Å². The smallest absolute Gasteiger partial charge is 0.271 e. The first-order chi connectivity index (χ1) is 7.59. The standard InChI is InChI=1S/C11H10N2O3/c1-8-5-6-12(11(8)14)9-3-2-4-10(7-9)13(15)16/h2-4,7H,1,5-6H2. The number of non-ortho nitro benzene ring substituents is 1. The lowest BCUT2D eigenvalue weighted by atomic mass is 10.2. The Morgan fingerprint density at radius 2 is 2.19 bits per heavy atom. The lowest BCUT2D eigenvalue weighted by molar-refractivity contribution is -0.384. The molecule has 0 unspecified atom stereocenters. The molecule has 1 saturated heterocycles. The fourth-order valence-corrected chi connectivity index (χ4v) is 1.67. The molecule has 1 heterocycles. The van der Waals surface area contributed by atoms with Gasteiger partial charge in [0.05, 0.1) is 10.6 Å². The van der Waals surface area contributed by atoms with Crippen molar-refractivity contribution in [2.24, 2.45) is 0 Å². The van der Waals surface area contributed by atoms with Gasteiger partial charge in [0.15, 0.2) is 0 Å². The first kappa shape index (κ1) is 10.4. The fourth-order valence-electron chi connectivity index (χ4n) is 1.67. The SMILES string of the molecule is C=C1CCN(c2cccc([N+](=O)[O-])c2)C1=O. The van der Waals surface area contributed by atoms with Gasteiger partial charge >= 0.3 is 0 Å². The average Bonchev–Trinajstić information content (AvgIpc) is 2.60. The van der Waals surface area contributed by atoms with Crippen molar-refractivity contribution in [2.45, 2.75) is 6.42 Å². The lowest BCUT2D eigenvalue weighted by Crippen LogP contribution is -2.24. The summed E-state index contributed by atoms with van der Waals surface area (Å²) in [5, 5.41) is 10.6. The number of nitro groups is 1. The number of hydrogen-bond acceptors (Lipinski definition) is 3. The van der Waals surface area contributed by atoms with Crippen LogP contribution < -0.4 is 4.90 Å². The third-order valence-corrected chi connectivity index (χ3v) is 2.54. The Morgan fingerprint density at radius 1 is 1.44 bits per heavy atom. The van der Waals surface area contributed by atoms with Crippen LogP contribution in [0.3, 0.4) is 0 Å². The van der Waals surface area contributed by atoms with Gasteiger partial charge in [-0.25, -0.2) is 0 Å². The normalized spacial score (nSPS) is 15.6. The average molecular weight is 218 g/mol. The molecule has 0 saturated carbocycles. The molecule has 0 spiro atoms. The molecular formula is C11H10N2O3. The molecule has 0 aromatic heterocycles. The third kappa shape index (κ3) is 1.67. The maximum atomic E-state index is 11.6. The second kappa shape index (κ2) is 3.77. The van der Waals surface area contributed by atoms with E-state index >= 15 is 0 Å². The van der Waals surface area contributed by atoms with Crippen LogP contribution in [0.25, 0.3) is 0 Å². The highest BCUT2D eigenvalue weighted by molar-refractivity contribution is 6.07. The van der Waals surface area contributed by atoms with Gasteiger partial charge in [-0.1, -0.05) is 12.6 Å². The van der Waals surface area contributed by atoms with Gasteiger partial charge in [-0.2, -0.15) is 0 Å². The van der Waals surface area contributed by atoms with Crippen LogP contribution in [-0.4, -0.2) is 17.4 Å². The highest BCUT2D eigenvalue weighted by Crippen LogP contribution is 2.26. The Bertz CT molecular complexity index is 482. The predicted octanol–water partition coefficient (Wildman–Crippen LogP) is 1.89. The topological polar surface area (TPSA) is 63.4 Å². The molecule has 1 fully saturated rings. The highest BCUT2D eigenvalue weighted by Gasteiger charge is 2.26. The van der Waals surface area contributed by atoms with Crippen LogP contribution in [0.4, 0.5) is 11.4 Å². The second-order valence-electron chi connectivity index (χ2n) is 3.59. The molecule has 1 aliphatic rings. The molecule has 16 heavy (non-hydrogen) atoms. The van der Waals surface area contributed by atoms with Crippen molar-refractivity contribution in [1.82, 2.24) is 0 Å². The summed E-state index contributed by atoms with van der Waals surface area (Å²) < 4.78 is 0. The summed E-state index contributed by atoms with van der Waals surface area (Å²) in [5.74, 6) is -0.152. The lowest BCUT2D eigenvalue weighted by Gasteiger charge is -2.14. The van der Waals surface area contributed by atoms with E-state index in [1.165, 1.54) is 17.0 Å². The molecule has 82 valence electrons. The number of amides is 1. The Labute approximate surface area is 92.1 Å². The number of hydrogen-bond donors (Lipinski definition) is 0. The monoisotopic (exact) mass is 218 g/mol. The third-order valence-electron chi connectivity index (χ3n) is 2.54. The van der Waals surface area contributed by atoms with E-state index in [9.17, 15) is 14.9 Å². The maximum Gasteiger partial charge on any atom is 0.271 e. The van der Waals surface area contributed by atoms with Gasteiger partial charge in [0.2, 0.25) is 0 Å². The predicted molar refractivity (Wildman–Crippen MR) is 59.2 cm³/mol. The largest absolute Gasteiger partial charge is 0.308 e. The van der Waals surface area contributed by atoms with Gasteiger partial charge in [0.1, 0.15) is 0 Å². The molecular weight excluding hydrogens is 208 g/mol. The second-order valence-corrected chi connectivity index (χ2v) is 3.59. The van der Waals surface area contributed by atoms with Crippen LogP contribution in [0, 0.1) is 10.1 Å². The number of anilines is 1. The Hall–Kier alpha value is -2.17. The van der Waals surface area contributed by atoms with Crippen LogP contribution in [0.5, 0.6) is 0 Å². The zero-order valence-corrected chi connectivity index (χ0v) is 8.55. The molecule has 1 aliphatic heterocycles. The molecule has 1 aromatic rings. The van der Waals surface area contributed by atoms with Crippen LogP contribution in [0.15, 0.2) is 36.4 Å². The quantitative estimate of drug-likeness (QED) is 0.432. The van der Waals surface area contributed by atoms with E-state index in [1.807, 2.05) is 0 Å². The molecule has 5 heteroatoms. The zero-order valence-electron chi connectivity index (χ0n) is 8.55. The minimum atomic E-state index is -0.473. The summed E-state index contributed by atoms with van der Waals surface area (Å²) in [7, 11) is 0. The number of nitro benzene ring substituents is 1. The van der Waals surface area contributed by atoms with E-state index < -0.39 is 4.92 Å². The van der Waals surface area contributed by atoms with E-state index in [0.29, 0.717) is 24.2 Å². The van der Waals surface area contributed by atoms with Gasteiger partial charge < -0.3 is 4.90 Å². The van der Waals surface area contributed by atoms with E-state index in [-0.39, 0.29) is 11.6 Å². The van der Waals surface area contributed by atoms with Crippen molar-refractivity contribution >= 4 is 17.3 Å². The summed E-state index contributed by atoms with van der Waals surface area (Å²) >= 11 is 0. The minimum absolute atomic E-state index is 0.0113. The molecule has 0 bridgehead atoms. The van der Waals surface area contributed by atoms with Crippen molar-refractivity contribution in [2.75, 3.05) is 11.4 Å². The molecule has 0 N–H and O–H groups in total. The maximum absolute atomic E-state index is 11.6. The Balaban J connectivity index is 2.34. The molecule has 2 rings (SSSR count). The van der Waals surface area contributed by atoms with Crippen molar-refractivity contribution in [1.29, 1.82) is 0 Å². The number of carbonyl (C=O) groups excluding carboxylic acids is 1. The molecule has 1 aromatic carbocycles. The fraction of sp³-hybridized carbons (Fsp3) is 0.182. The Morgan fingerprint density at radius 3 is 2.75 bits per heavy atom. The zero-order chi connectivity index (χ0) is 11.7. The van der Waals surface area contributed by atoms with Gasteiger partial charge in [-0.3, -0.25) is 14.9 Å². The van der Waals surface area contributed by atoms with Crippen LogP contribution >= 0.6 is 0 Å². The molecule has 0 radical (unpaired) electrons. The number of carbonyl (C=O) groups is 1. The van der Waals surface area contributed by atoms with E-state index in [4.69, 9.17) is 0 Å². The van der Waals surface area contributed by atoms with Gasteiger partial charge in [-0.05, 0) is 12.5 Å². The van der Waals surface area contributed by atoms with Crippen molar-refractivity contribution in [3.05, 3.63) is 46.5 Å². The summed E-state index contributed by atoms with van der Waals surface area (Å²) in [5.41, 5.74) is 1.09. The first-order valence-electron chi connectivity index (χ1n) is 4.83. The van der Waals surface area contributed by atoms with Crippen molar-refractivity contribution < 1.29 is 9.72 Å². The van der Waals surface area contributed by atoms with Crippen LogP contribution in [0.1, 0.15) is 6.42 Å². The first-order valence-corrected chi connectivity index (χ1v) is 4.83. The summed E-state index contributed by atoms with van der Waals surface area (Å²) in [4.78, 5) is 23.3. The summed E-state index contributed by atoms with van der Waals surface area (Å²) in [6, 6.07) is 6.06. The van der Waals surface area contributed by atoms with E-state index in [2.05, 4.69) is 6.58 Å². The van der Waals surface area contributed by atoms with E-state index in [1.54, 1.807) is 12.1 Å². The molecule has 5 nitrogen and oxygen atoms in total. The van der Waals surface area contributed by atoms with Gasteiger partial charge in [0, 0.05) is 24.3 Å². The van der Waals surface area contributed by atoms with Crippen LogP contribution in [-0.2, 0) is 4.79 Å². The van der Waals surface area contributed by atoms with E-state index in [0.717, 1.165) is 0 Å². The van der Waals surface area contributed by atoms with Gasteiger partial charge in [-0.15, -0.1) is 0 Å². The molecule has 1 amide bonds. The van der Waals surface area contributed by atoms with Crippen LogP contribution in [0.2, 0.25) is 0 Å². The Kier molecular flexibility index (Phi) is 2.44. The van der Waals surface area contributed by atoms with Gasteiger partial charge in [0.25, 0.3) is 11.6 Å². The summed E-state index contributed by atoms with van der Waals surface area (Å²) in [6.45, 7) is 4.18. The minimum Gasteiger partial charge on any atom is -0.308 e. The summed E-state index contributed by atoms with van der Waals surface area (Å²) in [6.07, 6.45) is 0.613. The number of rotatable bonds is 2. The van der Waals surface area contributed by atoms with Crippen molar-refractivity contribution in [3.8, 4) is 0 Å². The molecule has 0 atom stereocenters. The highest BCUT2D eigenvalue weighted by atomic mass is 16.6. The molecule has 0 aliphatic carbocycles.